The van der Waals surface area contributed by atoms with E-state index in [1.54, 1.807) is 26.0 Å². The molecule has 1 aromatic carbocycles. The van der Waals surface area contributed by atoms with E-state index in [1.165, 1.54) is 9.80 Å². The molecular weight excluding hydrogens is 358 g/mol. The molecule has 2 aliphatic heterocycles. The Morgan fingerprint density at radius 1 is 1.15 bits per heavy atom. The lowest BCUT2D eigenvalue weighted by Gasteiger charge is -2.43. The number of imide groups is 1. The van der Waals surface area contributed by atoms with Gasteiger partial charge < -0.3 is 4.90 Å². The number of hydrogen-bond donors (Lipinski definition) is 1. The molecule has 2 aliphatic rings. The van der Waals surface area contributed by atoms with Crippen LogP contribution >= 0.6 is 0 Å². The van der Waals surface area contributed by atoms with Crippen LogP contribution in [0.5, 0.6) is 0 Å². The zero-order valence-corrected chi connectivity index (χ0v) is 15.5. The van der Waals surface area contributed by atoms with Gasteiger partial charge in [-0.15, -0.1) is 0 Å². The molecule has 2 heterocycles. The van der Waals surface area contributed by atoms with E-state index < -0.39 is 10.0 Å². The van der Waals surface area contributed by atoms with Crippen molar-refractivity contribution < 1.29 is 22.8 Å². The monoisotopic (exact) mass is 379 g/mol. The van der Waals surface area contributed by atoms with E-state index in [0.717, 1.165) is 5.56 Å². The van der Waals surface area contributed by atoms with E-state index in [1.807, 2.05) is 6.07 Å². The summed E-state index contributed by atoms with van der Waals surface area (Å²) in [6.45, 7) is 3.64. The zero-order valence-electron chi connectivity index (χ0n) is 14.7. The lowest BCUT2D eigenvalue weighted by Crippen LogP contribution is -2.63. The smallest absolute Gasteiger partial charge is 0.241 e. The van der Waals surface area contributed by atoms with Crippen LogP contribution in [0.4, 0.5) is 0 Å². The minimum atomic E-state index is -3.79. The van der Waals surface area contributed by atoms with Crippen molar-refractivity contribution in [1.82, 2.24) is 14.5 Å². The Morgan fingerprint density at radius 3 is 2.38 bits per heavy atom. The van der Waals surface area contributed by atoms with Crippen molar-refractivity contribution >= 4 is 27.7 Å². The van der Waals surface area contributed by atoms with Crippen molar-refractivity contribution in [2.75, 3.05) is 19.6 Å². The van der Waals surface area contributed by atoms with E-state index in [0.29, 0.717) is 5.56 Å². The molecule has 0 unspecified atom stereocenters. The quantitative estimate of drug-likeness (QED) is 0.722. The van der Waals surface area contributed by atoms with Gasteiger partial charge in [0.05, 0.1) is 17.5 Å². The fourth-order valence-electron chi connectivity index (χ4n) is 3.17. The number of hydrogen-bond acceptors (Lipinski definition) is 5. The molecule has 140 valence electrons. The molecule has 8 nitrogen and oxygen atoms in total. The first kappa shape index (κ1) is 18.5. The normalized spacial score (nSPS) is 18.4. The highest BCUT2D eigenvalue weighted by Crippen LogP contribution is 2.22. The summed E-state index contributed by atoms with van der Waals surface area (Å²) in [5, 5.41) is 0. The molecule has 26 heavy (non-hydrogen) atoms. The minimum absolute atomic E-state index is 0.153. The second-order valence-corrected chi connectivity index (χ2v) is 8.44. The van der Waals surface area contributed by atoms with Gasteiger partial charge in [0.2, 0.25) is 27.7 Å². The van der Waals surface area contributed by atoms with Crippen molar-refractivity contribution in [2.45, 2.75) is 37.6 Å². The number of likely N-dealkylation sites (tertiary alicyclic amines) is 2. The fraction of sp³-hybridized carbons (Fsp3) is 0.471. The van der Waals surface area contributed by atoms with Gasteiger partial charge >= 0.3 is 0 Å². The lowest BCUT2D eigenvalue weighted by atomic mass is 10.1. The van der Waals surface area contributed by atoms with Gasteiger partial charge in [-0.25, -0.2) is 13.1 Å². The van der Waals surface area contributed by atoms with Gasteiger partial charge in [0.15, 0.2) is 0 Å². The molecule has 0 spiro atoms. The molecule has 0 aliphatic carbocycles. The highest BCUT2D eigenvalue weighted by Gasteiger charge is 2.42. The molecule has 2 fully saturated rings. The Labute approximate surface area is 152 Å². The minimum Gasteiger partial charge on any atom is -0.337 e. The third-order valence-corrected chi connectivity index (χ3v) is 6.26. The van der Waals surface area contributed by atoms with Gasteiger partial charge in [0.1, 0.15) is 0 Å². The van der Waals surface area contributed by atoms with Crippen LogP contribution in [0.25, 0.3) is 0 Å². The van der Waals surface area contributed by atoms with Crippen LogP contribution in [0.2, 0.25) is 0 Å². The molecule has 0 saturated carbocycles. The van der Waals surface area contributed by atoms with E-state index in [9.17, 15) is 22.8 Å². The Hall–Kier alpha value is -2.26. The second kappa shape index (κ2) is 6.81. The number of aryl methyl sites for hydroxylation is 2. The number of rotatable bonds is 5. The predicted octanol–water partition coefficient (Wildman–Crippen LogP) is -0.0585. The van der Waals surface area contributed by atoms with Gasteiger partial charge in [-0.05, 0) is 31.0 Å². The van der Waals surface area contributed by atoms with Gasteiger partial charge in [-0.3, -0.25) is 19.3 Å². The summed E-state index contributed by atoms with van der Waals surface area (Å²) in [5.74, 6) is -0.792. The Morgan fingerprint density at radius 2 is 1.77 bits per heavy atom. The summed E-state index contributed by atoms with van der Waals surface area (Å²) in [6.07, 6.45) is 0.442. The van der Waals surface area contributed by atoms with Crippen molar-refractivity contribution in [2.24, 2.45) is 0 Å². The van der Waals surface area contributed by atoms with E-state index >= 15 is 0 Å². The van der Waals surface area contributed by atoms with Crippen LogP contribution in [-0.4, -0.2) is 61.6 Å². The molecular formula is C17H21N3O5S. The topological polar surface area (TPSA) is 104 Å². The maximum Gasteiger partial charge on any atom is 0.241 e. The Bertz CT molecular complexity index is 858. The van der Waals surface area contributed by atoms with Crippen LogP contribution in [0, 0.1) is 13.8 Å². The Balaban J connectivity index is 1.56. The zero-order chi connectivity index (χ0) is 19.1. The molecule has 3 rings (SSSR count). The summed E-state index contributed by atoms with van der Waals surface area (Å²) in [4.78, 5) is 38.4. The molecule has 0 bridgehead atoms. The van der Waals surface area contributed by atoms with Crippen LogP contribution in [0.15, 0.2) is 23.1 Å². The SMILES string of the molecule is Cc1ccc(C)c(S(=O)(=O)NCC(=O)N2CC(N3C(=O)CCC3=O)C2)c1. The number of nitrogens with one attached hydrogen (secondary N) is 1. The third kappa shape index (κ3) is 3.49. The third-order valence-electron chi connectivity index (χ3n) is 4.72. The van der Waals surface area contributed by atoms with Gasteiger partial charge in [0, 0.05) is 25.9 Å². The van der Waals surface area contributed by atoms with Crippen molar-refractivity contribution in [3.8, 4) is 0 Å². The van der Waals surface area contributed by atoms with Gasteiger partial charge in [-0.1, -0.05) is 12.1 Å². The van der Waals surface area contributed by atoms with Crippen LogP contribution in [0.3, 0.4) is 0 Å². The second-order valence-electron chi connectivity index (χ2n) is 6.70. The summed E-state index contributed by atoms with van der Waals surface area (Å²) in [5.41, 5.74) is 1.42. The molecule has 1 aromatic rings. The van der Waals surface area contributed by atoms with Crippen LogP contribution in [-0.2, 0) is 24.4 Å². The van der Waals surface area contributed by atoms with Crippen LogP contribution < -0.4 is 4.72 Å². The number of carbonyl (C=O) groups is 3. The van der Waals surface area contributed by atoms with E-state index in [-0.39, 0.29) is 61.1 Å². The highest BCUT2D eigenvalue weighted by molar-refractivity contribution is 7.89. The number of carbonyl (C=O) groups excluding carboxylic acids is 3. The maximum absolute atomic E-state index is 12.4. The number of nitrogens with zero attached hydrogens (tertiary/aromatic N) is 2. The molecule has 3 amide bonds. The molecule has 0 radical (unpaired) electrons. The summed E-state index contributed by atoms with van der Waals surface area (Å²) >= 11 is 0. The highest BCUT2D eigenvalue weighted by atomic mass is 32.2. The van der Waals surface area contributed by atoms with E-state index in [4.69, 9.17) is 0 Å². The Kier molecular flexibility index (Phi) is 4.85. The average Bonchev–Trinajstić information content (AvgIpc) is 2.86. The molecule has 0 aromatic heterocycles. The van der Waals surface area contributed by atoms with Crippen molar-refractivity contribution in [1.29, 1.82) is 0 Å². The standard InChI is InChI=1S/C17H21N3O5S/c1-11-3-4-12(2)14(7-11)26(24,25)18-8-17(23)19-9-13(10-19)20-15(21)5-6-16(20)22/h3-4,7,13,18H,5-6,8-10H2,1-2H3. The summed E-state index contributed by atoms with van der Waals surface area (Å²) < 4.78 is 27.2. The molecule has 9 heteroatoms. The largest absolute Gasteiger partial charge is 0.337 e. The van der Waals surface area contributed by atoms with Gasteiger partial charge in [-0.2, -0.15) is 0 Å². The average molecular weight is 379 g/mol. The summed E-state index contributed by atoms with van der Waals surface area (Å²) in [6, 6.07) is 4.81. The molecule has 0 atom stereocenters. The van der Waals surface area contributed by atoms with Crippen molar-refractivity contribution in [3.63, 3.8) is 0 Å². The van der Waals surface area contributed by atoms with Crippen LogP contribution in [0.1, 0.15) is 24.0 Å². The first-order chi connectivity index (χ1) is 12.2. The number of amides is 3. The van der Waals surface area contributed by atoms with Gasteiger partial charge in [0.25, 0.3) is 0 Å². The van der Waals surface area contributed by atoms with E-state index in [2.05, 4.69) is 4.72 Å². The predicted molar refractivity (Wildman–Crippen MR) is 92.6 cm³/mol. The molecule has 1 N–H and O–H groups in total. The maximum atomic E-state index is 12.4. The summed E-state index contributed by atoms with van der Waals surface area (Å²) in [7, 11) is -3.79. The molecule has 2 saturated heterocycles. The van der Waals surface area contributed by atoms with Crippen molar-refractivity contribution in [3.05, 3.63) is 29.3 Å². The number of benzene rings is 1. The first-order valence-electron chi connectivity index (χ1n) is 8.38. The fourth-order valence-corrected chi connectivity index (χ4v) is 4.47. The number of sulfonamides is 1. The first-order valence-corrected chi connectivity index (χ1v) is 9.87. The lowest BCUT2D eigenvalue weighted by molar-refractivity contribution is -0.151.